The Morgan fingerprint density at radius 3 is 3.07 bits per heavy atom. The molecule has 15 heavy (non-hydrogen) atoms. The molecule has 1 aromatic heterocycles. The Balaban J connectivity index is 1.88. The van der Waals surface area contributed by atoms with Gasteiger partial charge in [0.05, 0.1) is 3.79 Å². The predicted octanol–water partition coefficient (Wildman–Crippen LogP) is 3.84. The molecule has 1 unspecified atom stereocenters. The Hall–Kier alpha value is 0.490. The molecule has 0 radical (unpaired) electrons. The highest BCUT2D eigenvalue weighted by molar-refractivity contribution is 9.11. The van der Waals surface area contributed by atoms with Gasteiger partial charge in [-0.15, -0.1) is 11.3 Å². The van der Waals surface area contributed by atoms with Crippen LogP contribution in [0, 0.1) is 0 Å². The molecule has 1 atom stereocenters. The highest BCUT2D eigenvalue weighted by Crippen LogP contribution is 2.25. The van der Waals surface area contributed by atoms with E-state index >= 15 is 0 Å². The van der Waals surface area contributed by atoms with Crippen LogP contribution in [0.25, 0.3) is 0 Å². The van der Waals surface area contributed by atoms with Crippen LogP contribution in [-0.2, 0) is 6.54 Å². The average Bonchev–Trinajstić information content (AvgIpc) is 2.48. The topological polar surface area (TPSA) is 3.24 Å². The minimum Gasteiger partial charge on any atom is -0.297 e. The predicted molar refractivity (Wildman–Crippen MR) is 73.8 cm³/mol. The van der Waals surface area contributed by atoms with E-state index in [1.807, 2.05) is 11.3 Å². The number of nitrogens with zero attached hydrogens (tertiary/aromatic N) is 1. The van der Waals surface area contributed by atoms with E-state index in [2.05, 4.69) is 51.6 Å². The maximum absolute atomic E-state index is 3.52. The number of hydrogen-bond acceptors (Lipinski definition) is 3. The Kier molecular flexibility index (Phi) is 4.55. The summed E-state index contributed by atoms with van der Waals surface area (Å²) in [7, 11) is 0. The first-order valence-corrected chi connectivity index (χ1v) is 7.98. The van der Waals surface area contributed by atoms with Crippen molar-refractivity contribution in [1.29, 1.82) is 0 Å². The van der Waals surface area contributed by atoms with Crippen LogP contribution in [0.1, 0.15) is 18.2 Å². The summed E-state index contributed by atoms with van der Waals surface area (Å²) in [6, 6.07) is 4.38. The summed E-state index contributed by atoms with van der Waals surface area (Å²) in [6.07, 6.45) is 1.33. The number of thioether (sulfide) groups is 1. The van der Waals surface area contributed by atoms with Gasteiger partial charge in [-0.1, -0.05) is 6.92 Å². The second kappa shape index (κ2) is 5.71. The van der Waals surface area contributed by atoms with Crippen molar-refractivity contribution < 1.29 is 0 Å². The summed E-state index contributed by atoms with van der Waals surface area (Å²) in [5.41, 5.74) is 0. The first kappa shape index (κ1) is 12.0. The fourth-order valence-corrected chi connectivity index (χ4v) is 4.32. The van der Waals surface area contributed by atoms with E-state index in [9.17, 15) is 0 Å². The highest BCUT2D eigenvalue weighted by atomic mass is 79.9. The molecule has 1 aliphatic heterocycles. The lowest BCUT2D eigenvalue weighted by Crippen LogP contribution is -2.25. The number of hydrogen-bond donors (Lipinski definition) is 0. The van der Waals surface area contributed by atoms with E-state index in [0.29, 0.717) is 0 Å². The number of rotatable bonds is 2. The van der Waals surface area contributed by atoms with Gasteiger partial charge in [0.1, 0.15) is 0 Å². The smallest absolute Gasteiger partial charge is 0.0701 e. The van der Waals surface area contributed by atoms with Crippen LogP contribution < -0.4 is 0 Å². The minimum absolute atomic E-state index is 0.838. The van der Waals surface area contributed by atoms with Gasteiger partial charge in [0.25, 0.3) is 0 Å². The van der Waals surface area contributed by atoms with E-state index in [1.165, 1.54) is 33.9 Å². The molecule has 0 N–H and O–H groups in total. The van der Waals surface area contributed by atoms with Crippen molar-refractivity contribution in [3.05, 3.63) is 20.8 Å². The van der Waals surface area contributed by atoms with Crippen molar-refractivity contribution in [2.75, 3.05) is 18.8 Å². The summed E-state index contributed by atoms with van der Waals surface area (Å²) >= 11 is 7.49. The molecule has 0 saturated carbocycles. The molecule has 84 valence electrons. The van der Waals surface area contributed by atoms with Crippen molar-refractivity contribution in [2.24, 2.45) is 0 Å². The van der Waals surface area contributed by atoms with Crippen LogP contribution in [0.2, 0.25) is 0 Å². The molecule has 0 aliphatic carbocycles. The van der Waals surface area contributed by atoms with Gasteiger partial charge in [0.2, 0.25) is 0 Å². The first-order chi connectivity index (χ1) is 7.24. The van der Waals surface area contributed by atoms with Gasteiger partial charge in [-0.05, 0) is 41.0 Å². The zero-order valence-electron chi connectivity index (χ0n) is 8.91. The monoisotopic (exact) mass is 305 g/mol. The summed E-state index contributed by atoms with van der Waals surface area (Å²) in [5.74, 6) is 1.29. The zero-order valence-corrected chi connectivity index (χ0v) is 12.1. The Bertz CT molecular complexity index is 313. The van der Waals surface area contributed by atoms with E-state index < -0.39 is 0 Å². The number of thiophene rings is 1. The molecule has 0 spiro atoms. The molecular formula is C11H16BrNS2. The second-order valence-corrected chi connectivity index (χ2v) is 8.05. The summed E-state index contributed by atoms with van der Waals surface area (Å²) in [5, 5.41) is 0.838. The van der Waals surface area contributed by atoms with Gasteiger partial charge in [0.15, 0.2) is 0 Å². The van der Waals surface area contributed by atoms with E-state index in [-0.39, 0.29) is 0 Å². The lowest BCUT2D eigenvalue weighted by molar-refractivity contribution is 0.286. The van der Waals surface area contributed by atoms with Gasteiger partial charge >= 0.3 is 0 Å². The van der Waals surface area contributed by atoms with Gasteiger partial charge in [0, 0.05) is 29.0 Å². The Morgan fingerprint density at radius 2 is 2.33 bits per heavy atom. The third-order valence-electron chi connectivity index (χ3n) is 2.67. The number of halogens is 1. The quantitative estimate of drug-likeness (QED) is 0.817. The molecular weight excluding hydrogens is 290 g/mol. The molecule has 0 aromatic carbocycles. The van der Waals surface area contributed by atoms with Crippen LogP contribution in [0.4, 0.5) is 0 Å². The van der Waals surface area contributed by atoms with Gasteiger partial charge in [-0.25, -0.2) is 0 Å². The summed E-state index contributed by atoms with van der Waals surface area (Å²) < 4.78 is 1.25. The maximum Gasteiger partial charge on any atom is 0.0701 e. The van der Waals surface area contributed by atoms with Crippen LogP contribution in [0.3, 0.4) is 0 Å². The van der Waals surface area contributed by atoms with E-state index in [4.69, 9.17) is 0 Å². The zero-order chi connectivity index (χ0) is 10.7. The van der Waals surface area contributed by atoms with Crippen molar-refractivity contribution in [1.82, 2.24) is 4.90 Å². The van der Waals surface area contributed by atoms with E-state index in [1.54, 1.807) is 0 Å². The molecule has 2 rings (SSSR count). The molecule has 4 heteroatoms. The van der Waals surface area contributed by atoms with Crippen LogP contribution in [0.15, 0.2) is 15.9 Å². The van der Waals surface area contributed by atoms with Crippen molar-refractivity contribution in [2.45, 2.75) is 25.1 Å². The molecule has 1 saturated heterocycles. The molecule has 1 fully saturated rings. The average molecular weight is 306 g/mol. The van der Waals surface area contributed by atoms with Crippen LogP contribution >= 0.6 is 39.0 Å². The van der Waals surface area contributed by atoms with Crippen molar-refractivity contribution in [3.8, 4) is 0 Å². The molecule has 1 nitrogen and oxygen atoms in total. The maximum atomic E-state index is 3.52. The third-order valence-corrected chi connectivity index (χ3v) is 5.50. The fraction of sp³-hybridized carbons (Fsp3) is 0.636. The lowest BCUT2D eigenvalue weighted by atomic mass is 10.3. The standard InChI is InChI=1S/C11H16BrNS2/c1-9-4-5-13(6-7-14-9)8-10-2-3-11(12)15-10/h2-3,9H,4-8H2,1H3. The summed E-state index contributed by atoms with van der Waals surface area (Å²) in [6.45, 7) is 5.97. The molecule has 0 amide bonds. The van der Waals surface area contributed by atoms with Crippen LogP contribution in [0.5, 0.6) is 0 Å². The van der Waals surface area contributed by atoms with E-state index in [0.717, 1.165) is 11.8 Å². The lowest BCUT2D eigenvalue weighted by Gasteiger charge is -2.18. The Labute approximate surface area is 108 Å². The van der Waals surface area contributed by atoms with Crippen molar-refractivity contribution >= 4 is 39.0 Å². The minimum atomic E-state index is 0.838. The Morgan fingerprint density at radius 1 is 1.47 bits per heavy atom. The SMILES string of the molecule is CC1CCN(Cc2ccc(Br)s2)CCS1. The largest absolute Gasteiger partial charge is 0.297 e. The second-order valence-electron chi connectivity index (χ2n) is 3.95. The molecule has 0 bridgehead atoms. The highest BCUT2D eigenvalue weighted by Gasteiger charge is 2.14. The third kappa shape index (κ3) is 3.77. The molecule has 1 aromatic rings. The van der Waals surface area contributed by atoms with Gasteiger partial charge in [-0.3, -0.25) is 4.90 Å². The van der Waals surface area contributed by atoms with Crippen LogP contribution in [-0.4, -0.2) is 29.0 Å². The molecule has 1 aliphatic rings. The molecule has 2 heterocycles. The first-order valence-electron chi connectivity index (χ1n) is 5.32. The van der Waals surface area contributed by atoms with Gasteiger partial charge in [-0.2, -0.15) is 11.8 Å². The normalized spacial score (nSPS) is 24.0. The fourth-order valence-electron chi connectivity index (χ4n) is 1.76. The van der Waals surface area contributed by atoms with Gasteiger partial charge < -0.3 is 0 Å². The van der Waals surface area contributed by atoms with Crippen molar-refractivity contribution in [3.63, 3.8) is 0 Å². The summed E-state index contributed by atoms with van der Waals surface area (Å²) in [4.78, 5) is 4.05.